The van der Waals surface area contributed by atoms with Crippen LogP contribution in [0.4, 0.5) is 0 Å². The van der Waals surface area contributed by atoms with E-state index in [4.69, 9.17) is 0 Å². The van der Waals surface area contributed by atoms with Crippen LogP contribution in [0, 0.1) is 5.92 Å². The lowest BCUT2D eigenvalue weighted by Crippen LogP contribution is -2.33. The molecule has 1 rings (SSSR count). The second-order valence-electron chi connectivity index (χ2n) is 7.68. The highest BCUT2D eigenvalue weighted by Crippen LogP contribution is 2.18. The smallest absolute Gasteiger partial charge is 0.230 e. The van der Waals surface area contributed by atoms with Gasteiger partial charge in [0.25, 0.3) is 0 Å². The van der Waals surface area contributed by atoms with Crippen LogP contribution in [0.3, 0.4) is 0 Å². The summed E-state index contributed by atoms with van der Waals surface area (Å²) >= 11 is 0. The Bertz CT molecular complexity index is 403. The van der Waals surface area contributed by atoms with E-state index in [-0.39, 0.29) is 11.8 Å². The first-order chi connectivity index (χ1) is 12.8. The monoisotopic (exact) mass is 362 g/mol. The number of hydrogen-bond donors (Lipinski definition) is 0. The predicted octanol–water partition coefficient (Wildman–Crippen LogP) is 6.53. The van der Waals surface area contributed by atoms with E-state index in [0.29, 0.717) is 0 Å². The van der Waals surface area contributed by atoms with E-state index in [2.05, 4.69) is 31.0 Å². The Morgan fingerprint density at radius 2 is 1.58 bits per heavy atom. The summed E-state index contributed by atoms with van der Waals surface area (Å²) in [6.45, 7) is 5.95. The largest absolute Gasteiger partial charge is 0.301 e. The van der Waals surface area contributed by atoms with E-state index in [1.807, 2.05) is 4.90 Å². The molecule has 0 aliphatic carbocycles. The van der Waals surface area contributed by atoms with Gasteiger partial charge < -0.3 is 4.90 Å². The molecule has 1 amide bonds. The third kappa shape index (κ3) is 10.8. The van der Waals surface area contributed by atoms with Crippen LogP contribution in [0.15, 0.2) is 17.1 Å². The first-order valence-corrected chi connectivity index (χ1v) is 11.2. The summed E-state index contributed by atoms with van der Waals surface area (Å²) in [7, 11) is 0. The van der Waals surface area contributed by atoms with Gasteiger partial charge in [-0.2, -0.15) is 0 Å². The van der Waals surface area contributed by atoms with Crippen LogP contribution in [0.2, 0.25) is 0 Å². The van der Waals surface area contributed by atoms with E-state index in [0.717, 1.165) is 25.9 Å². The van der Waals surface area contributed by atoms with Gasteiger partial charge in [-0.05, 0) is 38.5 Å². The molecule has 0 bridgehead atoms. The normalized spacial score (nSPS) is 15.2. The number of nitrogens with zero attached hydrogens (tertiary/aromatic N) is 2. The molecular formula is C23H42N2O. The number of hydrogen-bond acceptors (Lipinski definition) is 2. The molecule has 0 fully saturated rings. The lowest BCUT2D eigenvalue weighted by molar-refractivity contribution is -0.131. The average Bonchev–Trinajstić information content (AvgIpc) is 3.19. The topological polar surface area (TPSA) is 32.7 Å². The molecule has 0 aromatic heterocycles. The van der Waals surface area contributed by atoms with E-state index in [9.17, 15) is 4.79 Å². The summed E-state index contributed by atoms with van der Waals surface area (Å²) in [5.74, 6) is 0.475. The Kier molecular flexibility index (Phi) is 14.2. The van der Waals surface area contributed by atoms with Crippen molar-refractivity contribution in [2.24, 2.45) is 10.9 Å². The second kappa shape index (κ2) is 16.1. The van der Waals surface area contributed by atoms with Crippen LogP contribution in [0.5, 0.6) is 0 Å². The zero-order chi connectivity index (χ0) is 18.9. The minimum absolute atomic E-state index is 0.191. The Balaban J connectivity index is 1.92. The van der Waals surface area contributed by atoms with Crippen molar-refractivity contribution in [2.45, 2.75) is 104 Å². The first-order valence-electron chi connectivity index (χ1n) is 11.2. The SMILES string of the molecule is CCCCCCCCC=CCCCCCCC(CC)C(=O)N1C=NCC1. The molecule has 0 radical (unpaired) electrons. The third-order valence-corrected chi connectivity index (χ3v) is 5.38. The summed E-state index contributed by atoms with van der Waals surface area (Å²) in [5, 5.41) is 0. The number of aliphatic imine (C=N–C) groups is 1. The molecule has 150 valence electrons. The quantitative estimate of drug-likeness (QED) is 0.227. The summed E-state index contributed by atoms with van der Waals surface area (Å²) < 4.78 is 0. The lowest BCUT2D eigenvalue weighted by atomic mass is 9.96. The van der Waals surface area contributed by atoms with Gasteiger partial charge in [0, 0.05) is 12.5 Å². The number of amides is 1. The van der Waals surface area contributed by atoms with Crippen LogP contribution in [-0.2, 0) is 4.79 Å². The lowest BCUT2D eigenvalue weighted by Gasteiger charge is -2.19. The number of allylic oxidation sites excluding steroid dienone is 2. The minimum Gasteiger partial charge on any atom is -0.301 e. The standard InChI is InChI=1S/C23H42N2O/c1-3-5-6-7-8-9-10-11-12-13-14-15-16-17-18-22(4-2)23(26)25-20-19-24-21-25/h11-12,21-22H,3-10,13-20H2,1-2H3. The average molecular weight is 363 g/mol. The van der Waals surface area contributed by atoms with Crippen LogP contribution in [-0.4, -0.2) is 30.2 Å². The number of carbonyl (C=O) groups excluding carboxylic acids is 1. The summed E-state index contributed by atoms with van der Waals surface area (Å²) in [6.07, 6.45) is 24.2. The predicted molar refractivity (Wildman–Crippen MR) is 114 cm³/mol. The maximum atomic E-state index is 12.4. The molecule has 26 heavy (non-hydrogen) atoms. The van der Waals surface area contributed by atoms with Gasteiger partial charge >= 0.3 is 0 Å². The summed E-state index contributed by atoms with van der Waals surface area (Å²) in [6, 6.07) is 0. The molecule has 0 N–H and O–H groups in total. The molecule has 1 aliphatic heterocycles. The van der Waals surface area contributed by atoms with Crippen molar-refractivity contribution in [2.75, 3.05) is 13.1 Å². The highest BCUT2D eigenvalue weighted by molar-refractivity contribution is 5.90. The van der Waals surface area contributed by atoms with Crippen molar-refractivity contribution in [1.29, 1.82) is 0 Å². The Hall–Kier alpha value is -1.12. The zero-order valence-electron chi connectivity index (χ0n) is 17.4. The Morgan fingerprint density at radius 1 is 0.962 bits per heavy atom. The molecule has 3 heteroatoms. The Labute approximate surface area is 162 Å². The molecule has 0 saturated heterocycles. The van der Waals surface area contributed by atoms with Gasteiger partial charge in [0.1, 0.15) is 0 Å². The molecule has 1 unspecified atom stereocenters. The second-order valence-corrected chi connectivity index (χ2v) is 7.68. The number of unbranched alkanes of at least 4 members (excludes halogenated alkanes) is 10. The molecule has 0 aromatic rings. The van der Waals surface area contributed by atoms with Gasteiger partial charge in [-0.25, -0.2) is 0 Å². The van der Waals surface area contributed by atoms with Gasteiger partial charge in [0.2, 0.25) is 5.91 Å². The van der Waals surface area contributed by atoms with Crippen LogP contribution in [0.25, 0.3) is 0 Å². The van der Waals surface area contributed by atoms with Crippen molar-refractivity contribution in [1.82, 2.24) is 4.90 Å². The van der Waals surface area contributed by atoms with Gasteiger partial charge in [0.05, 0.1) is 12.9 Å². The van der Waals surface area contributed by atoms with Crippen molar-refractivity contribution in [3.8, 4) is 0 Å². The number of carbonyl (C=O) groups is 1. The van der Waals surface area contributed by atoms with E-state index in [1.54, 1.807) is 6.34 Å². The maximum Gasteiger partial charge on any atom is 0.230 e. The molecule has 0 saturated carbocycles. The van der Waals surface area contributed by atoms with E-state index < -0.39 is 0 Å². The summed E-state index contributed by atoms with van der Waals surface area (Å²) in [5.41, 5.74) is 0. The third-order valence-electron chi connectivity index (χ3n) is 5.38. The minimum atomic E-state index is 0.191. The van der Waals surface area contributed by atoms with Crippen molar-refractivity contribution in [3.63, 3.8) is 0 Å². The molecule has 0 aromatic carbocycles. The van der Waals surface area contributed by atoms with Crippen molar-refractivity contribution in [3.05, 3.63) is 12.2 Å². The zero-order valence-corrected chi connectivity index (χ0v) is 17.4. The highest BCUT2D eigenvalue weighted by Gasteiger charge is 2.22. The van der Waals surface area contributed by atoms with Gasteiger partial charge in [0.15, 0.2) is 0 Å². The molecule has 3 nitrogen and oxygen atoms in total. The Morgan fingerprint density at radius 3 is 2.15 bits per heavy atom. The highest BCUT2D eigenvalue weighted by atomic mass is 16.2. The van der Waals surface area contributed by atoms with Gasteiger partial charge in [-0.1, -0.05) is 77.4 Å². The van der Waals surface area contributed by atoms with Crippen molar-refractivity contribution >= 4 is 12.2 Å². The number of rotatable bonds is 16. The van der Waals surface area contributed by atoms with Crippen LogP contribution < -0.4 is 0 Å². The van der Waals surface area contributed by atoms with Gasteiger partial charge in [-0.3, -0.25) is 9.79 Å². The van der Waals surface area contributed by atoms with E-state index in [1.165, 1.54) is 77.0 Å². The fourth-order valence-electron chi connectivity index (χ4n) is 3.57. The first kappa shape index (κ1) is 22.9. The summed E-state index contributed by atoms with van der Waals surface area (Å²) in [4.78, 5) is 18.3. The molecular weight excluding hydrogens is 320 g/mol. The van der Waals surface area contributed by atoms with E-state index >= 15 is 0 Å². The molecule has 1 aliphatic rings. The van der Waals surface area contributed by atoms with Crippen LogP contribution in [0.1, 0.15) is 104 Å². The fraction of sp³-hybridized carbons (Fsp3) is 0.826. The molecule has 0 spiro atoms. The van der Waals surface area contributed by atoms with Crippen molar-refractivity contribution < 1.29 is 4.79 Å². The molecule has 1 heterocycles. The maximum absolute atomic E-state index is 12.4. The van der Waals surface area contributed by atoms with Crippen LogP contribution >= 0.6 is 0 Å². The fourth-order valence-corrected chi connectivity index (χ4v) is 3.57. The molecule has 1 atom stereocenters. The van der Waals surface area contributed by atoms with Gasteiger partial charge in [-0.15, -0.1) is 0 Å².